The highest BCUT2D eigenvalue weighted by Crippen LogP contribution is 2.38. The number of hydrogen-bond donors (Lipinski definition) is 0. The van der Waals surface area contributed by atoms with E-state index in [1.54, 1.807) is 13.0 Å². The number of fused-ring (bicyclic) bond motifs is 3. The number of carbonyl (C=O) groups is 1. The summed E-state index contributed by atoms with van der Waals surface area (Å²) in [5, 5.41) is 0.795. The number of hydrogen-bond acceptors (Lipinski definition) is 4. The molecule has 1 aromatic carbocycles. The van der Waals surface area contributed by atoms with Crippen LogP contribution in [0.5, 0.6) is 0 Å². The first-order chi connectivity index (χ1) is 10.5. The first-order valence-electron chi connectivity index (χ1n) is 6.82. The highest BCUT2D eigenvalue weighted by atomic mass is 79.9. The van der Waals surface area contributed by atoms with Crippen LogP contribution < -0.4 is 5.43 Å². The molecule has 0 aliphatic carbocycles. The van der Waals surface area contributed by atoms with Crippen LogP contribution in [0.3, 0.4) is 0 Å². The SMILES string of the molecule is CCOC(=O)c1c2n(c3cc(Br)c(F)cc3c1=O)C(C)CS2. The summed E-state index contributed by atoms with van der Waals surface area (Å²) in [6, 6.07) is 2.87. The zero-order valence-corrected chi connectivity index (χ0v) is 14.4. The number of esters is 1. The summed E-state index contributed by atoms with van der Waals surface area (Å²) >= 11 is 4.60. The fraction of sp³-hybridized carbons (Fsp3) is 0.333. The van der Waals surface area contributed by atoms with Gasteiger partial charge in [0.2, 0.25) is 5.43 Å². The molecule has 0 fully saturated rings. The number of rotatable bonds is 2. The molecule has 0 radical (unpaired) electrons. The molecule has 1 unspecified atom stereocenters. The van der Waals surface area contributed by atoms with Crippen LogP contribution in [0.15, 0.2) is 26.4 Å². The number of ether oxygens (including phenoxy) is 1. The van der Waals surface area contributed by atoms with Gasteiger partial charge < -0.3 is 9.30 Å². The molecule has 3 rings (SSSR count). The van der Waals surface area contributed by atoms with Crippen molar-refractivity contribution in [1.29, 1.82) is 0 Å². The maximum Gasteiger partial charge on any atom is 0.344 e. The van der Waals surface area contributed by atoms with E-state index >= 15 is 0 Å². The van der Waals surface area contributed by atoms with Gasteiger partial charge in [0.1, 0.15) is 11.4 Å². The Morgan fingerprint density at radius 2 is 2.27 bits per heavy atom. The number of halogens is 2. The summed E-state index contributed by atoms with van der Waals surface area (Å²) in [4.78, 5) is 24.8. The fourth-order valence-corrected chi connectivity index (χ4v) is 4.23. The molecule has 1 atom stereocenters. The van der Waals surface area contributed by atoms with E-state index in [2.05, 4.69) is 15.9 Å². The molecule has 0 saturated heterocycles. The second kappa shape index (κ2) is 5.70. The number of benzene rings is 1. The standard InChI is InChI=1S/C15H13BrFNO3S/c1-3-21-15(20)12-13(19)8-4-10(17)9(16)5-11(8)18-7(2)6-22-14(12)18/h4-5,7H,3,6H2,1-2H3. The van der Waals surface area contributed by atoms with Gasteiger partial charge in [-0.25, -0.2) is 9.18 Å². The van der Waals surface area contributed by atoms with Crippen molar-refractivity contribution < 1.29 is 13.9 Å². The topological polar surface area (TPSA) is 48.3 Å². The normalized spacial score (nSPS) is 16.8. The lowest BCUT2D eigenvalue weighted by Crippen LogP contribution is -2.23. The van der Waals surface area contributed by atoms with E-state index in [-0.39, 0.29) is 23.6 Å². The van der Waals surface area contributed by atoms with Crippen LogP contribution in [0.25, 0.3) is 10.9 Å². The van der Waals surface area contributed by atoms with Gasteiger partial charge in [0.15, 0.2) is 0 Å². The van der Waals surface area contributed by atoms with Crippen LogP contribution in [-0.4, -0.2) is 22.9 Å². The minimum atomic E-state index is -0.650. The summed E-state index contributed by atoms with van der Waals surface area (Å²) in [6.45, 7) is 3.87. The van der Waals surface area contributed by atoms with Crippen molar-refractivity contribution in [2.75, 3.05) is 12.4 Å². The van der Waals surface area contributed by atoms with E-state index in [0.29, 0.717) is 15.0 Å². The van der Waals surface area contributed by atoms with Crippen LogP contribution in [0.2, 0.25) is 0 Å². The first-order valence-corrected chi connectivity index (χ1v) is 8.60. The van der Waals surface area contributed by atoms with Crippen molar-refractivity contribution in [3.63, 3.8) is 0 Å². The van der Waals surface area contributed by atoms with Gasteiger partial charge in [-0.1, -0.05) is 0 Å². The smallest absolute Gasteiger partial charge is 0.344 e. The Bertz CT molecular complexity index is 849. The quantitative estimate of drug-likeness (QED) is 0.738. The Labute approximate surface area is 138 Å². The van der Waals surface area contributed by atoms with Crippen molar-refractivity contribution >= 4 is 44.6 Å². The zero-order chi connectivity index (χ0) is 16.0. The van der Waals surface area contributed by atoms with Crippen molar-refractivity contribution in [1.82, 2.24) is 4.57 Å². The number of thioether (sulfide) groups is 1. The lowest BCUT2D eigenvalue weighted by Gasteiger charge is -2.16. The number of aromatic nitrogens is 1. The molecular formula is C15H13BrFNO3S. The second-order valence-corrected chi connectivity index (χ2v) is 6.91. The van der Waals surface area contributed by atoms with Gasteiger partial charge in [0, 0.05) is 17.2 Å². The molecule has 7 heteroatoms. The molecule has 0 spiro atoms. The van der Waals surface area contributed by atoms with Crippen LogP contribution >= 0.6 is 27.7 Å². The van der Waals surface area contributed by atoms with Crippen molar-refractivity contribution in [3.05, 3.63) is 38.2 Å². The molecule has 1 aliphatic heterocycles. The molecule has 0 saturated carbocycles. The molecule has 0 amide bonds. The number of carbonyl (C=O) groups excluding carboxylic acids is 1. The highest BCUT2D eigenvalue weighted by Gasteiger charge is 2.30. The number of pyridine rings is 1. The largest absolute Gasteiger partial charge is 0.462 e. The second-order valence-electron chi connectivity index (χ2n) is 5.04. The maximum atomic E-state index is 13.8. The minimum absolute atomic E-state index is 0.00502. The molecule has 1 aromatic heterocycles. The van der Waals surface area contributed by atoms with Crippen LogP contribution in [0.1, 0.15) is 30.2 Å². The van der Waals surface area contributed by atoms with Crippen LogP contribution in [0.4, 0.5) is 4.39 Å². The summed E-state index contributed by atoms with van der Waals surface area (Å²) in [7, 11) is 0. The highest BCUT2D eigenvalue weighted by molar-refractivity contribution is 9.10. The van der Waals surface area contributed by atoms with E-state index < -0.39 is 17.2 Å². The third-order valence-corrected chi connectivity index (χ3v) is 5.52. The summed E-state index contributed by atoms with van der Waals surface area (Å²) < 4.78 is 21.1. The molecule has 4 nitrogen and oxygen atoms in total. The minimum Gasteiger partial charge on any atom is -0.462 e. The molecule has 0 N–H and O–H groups in total. The average molecular weight is 386 g/mol. The Morgan fingerprint density at radius 3 is 2.95 bits per heavy atom. The van der Waals surface area contributed by atoms with Gasteiger partial charge in [-0.15, -0.1) is 11.8 Å². The molecule has 22 heavy (non-hydrogen) atoms. The monoisotopic (exact) mass is 385 g/mol. The lowest BCUT2D eigenvalue weighted by atomic mass is 10.1. The van der Waals surface area contributed by atoms with E-state index in [1.165, 1.54) is 17.8 Å². The molecule has 0 bridgehead atoms. The predicted octanol–water partition coefficient (Wildman–Crippen LogP) is 3.75. The third kappa shape index (κ3) is 2.27. The molecule has 2 heterocycles. The van der Waals surface area contributed by atoms with E-state index in [0.717, 1.165) is 5.75 Å². The van der Waals surface area contributed by atoms with Gasteiger partial charge in [-0.05, 0) is 41.9 Å². The van der Waals surface area contributed by atoms with Crippen LogP contribution in [0, 0.1) is 5.82 Å². The van der Waals surface area contributed by atoms with Crippen LogP contribution in [-0.2, 0) is 4.74 Å². The average Bonchev–Trinajstić information content (AvgIpc) is 2.83. The Balaban J connectivity index is 2.44. The van der Waals surface area contributed by atoms with Gasteiger partial charge >= 0.3 is 5.97 Å². The lowest BCUT2D eigenvalue weighted by molar-refractivity contribution is 0.0519. The van der Waals surface area contributed by atoms with Crippen molar-refractivity contribution in [2.45, 2.75) is 24.9 Å². The molecule has 116 valence electrons. The van der Waals surface area contributed by atoms with E-state index in [9.17, 15) is 14.0 Å². The Morgan fingerprint density at radius 1 is 1.55 bits per heavy atom. The first kappa shape index (κ1) is 15.6. The Hall–Kier alpha value is -1.34. The molecule has 2 aromatic rings. The van der Waals surface area contributed by atoms with Crippen molar-refractivity contribution in [3.8, 4) is 0 Å². The Kier molecular flexibility index (Phi) is 4.03. The van der Waals surface area contributed by atoms with Crippen molar-refractivity contribution in [2.24, 2.45) is 0 Å². The zero-order valence-electron chi connectivity index (χ0n) is 12.0. The summed E-state index contributed by atoms with van der Waals surface area (Å²) in [5.74, 6) is -0.429. The summed E-state index contributed by atoms with van der Waals surface area (Å²) in [6.07, 6.45) is 0. The van der Waals surface area contributed by atoms with Gasteiger partial charge in [0.25, 0.3) is 0 Å². The number of nitrogens with zero attached hydrogens (tertiary/aromatic N) is 1. The predicted molar refractivity (Wildman–Crippen MR) is 87.3 cm³/mol. The summed E-state index contributed by atoms with van der Waals surface area (Å²) in [5.41, 5.74) is 0.150. The maximum absolute atomic E-state index is 13.8. The van der Waals surface area contributed by atoms with E-state index in [4.69, 9.17) is 4.74 Å². The molecule has 1 aliphatic rings. The molecular weight excluding hydrogens is 373 g/mol. The van der Waals surface area contributed by atoms with Gasteiger partial charge in [-0.3, -0.25) is 4.79 Å². The van der Waals surface area contributed by atoms with E-state index in [1.807, 2.05) is 11.5 Å². The van der Waals surface area contributed by atoms with Gasteiger partial charge in [-0.2, -0.15) is 0 Å². The van der Waals surface area contributed by atoms with Gasteiger partial charge in [0.05, 0.1) is 21.6 Å². The fourth-order valence-electron chi connectivity index (χ4n) is 2.62. The third-order valence-electron chi connectivity index (χ3n) is 3.58.